The van der Waals surface area contributed by atoms with Gasteiger partial charge in [-0.05, 0) is 42.5 Å². The van der Waals surface area contributed by atoms with Crippen molar-refractivity contribution < 1.29 is 12.6 Å². The normalized spacial score (nSPS) is 11.6. The fourth-order valence-electron chi connectivity index (χ4n) is 2.51. The Balaban J connectivity index is 2.09. The standard InChI is InChI=1S/C18H15BrO3S/c1-12-10-13(2)18(11-16(12)19)23(20,21)22-17-9-5-7-14-6-3-4-8-15(14)17/h3-11H,1-2H3. The quantitative estimate of drug-likeness (QED) is 0.591. The molecule has 0 aliphatic rings. The molecule has 0 amide bonds. The molecule has 0 N–H and O–H groups in total. The Hall–Kier alpha value is -1.85. The number of aryl methyl sites for hydroxylation is 2. The zero-order valence-electron chi connectivity index (χ0n) is 12.7. The van der Waals surface area contributed by atoms with Crippen molar-refractivity contribution in [3.8, 4) is 5.75 Å². The third-order valence-electron chi connectivity index (χ3n) is 3.67. The van der Waals surface area contributed by atoms with Crippen LogP contribution in [-0.2, 0) is 10.1 Å². The van der Waals surface area contributed by atoms with E-state index in [1.807, 2.05) is 43.3 Å². The van der Waals surface area contributed by atoms with Gasteiger partial charge in [0, 0.05) is 9.86 Å². The van der Waals surface area contributed by atoms with Crippen LogP contribution >= 0.6 is 15.9 Å². The Labute approximate surface area is 144 Å². The summed E-state index contributed by atoms with van der Waals surface area (Å²) in [5.41, 5.74) is 1.64. The van der Waals surface area contributed by atoms with E-state index < -0.39 is 10.1 Å². The van der Waals surface area contributed by atoms with E-state index in [4.69, 9.17) is 4.18 Å². The van der Waals surface area contributed by atoms with E-state index in [-0.39, 0.29) is 4.90 Å². The van der Waals surface area contributed by atoms with Gasteiger partial charge in [0.05, 0.1) is 0 Å². The van der Waals surface area contributed by atoms with Gasteiger partial charge in [-0.1, -0.05) is 58.4 Å². The SMILES string of the molecule is Cc1cc(C)c(S(=O)(=O)Oc2cccc3ccccc23)cc1Br. The van der Waals surface area contributed by atoms with Crippen LogP contribution in [0.1, 0.15) is 11.1 Å². The van der Waals surface area contributed by atoms with Crippen molar-refractivity contribution in [2.45, 2.75) is 18.7 Å². The Kier molecular flexibility index (Phi) is 4.17. The number of fused-ring (bicyclic) bond motifs is 1. The molecule has 0 aliphatic carbocycles. The Morgan fingerprint density at radius 2 is 1.61 bits per heavy atom. The van der Waals surface area contributed by atoms with Crippen LogP contribution in [0, 0.1) is 13.8 Å². The lowest BCUT2D eigenvalue weighted by Gasteiger charge is -2.12. The average Bonchev–Trinajstić information content (AvgIpc) is 2.51. The molecule has 0 unspecified atom stereocenters. The Bertz CT molecular complexity index is 989. The number of benzene rings is 3. The summed E-state index contributed by atoms with van der Waals surface area (Å²) in [5, 5.41) is 1.70. The molecular weight excluding hydrogens is 376 g/mol. The number of hydrogen-bond donors (Lipinski definition) is 0. The molecule has 118 valence electrons. The van der Waals surface area contributed by atoms with E-state index in [0.717, 1.165) is 20.8 Å². The zero-order valence-corrected chi connectivity index (χ0v) is 15.1. The Morgan fingerprint density at radius 1 is 0.913 bits per heavy atom. The lowest BCUT2D eigenvalue weighted by Crippen LogP contribution is -2.12. The molecule has 3 aromatic carbocycles. The molecule has 3 rings (SSSR count). The first kappa shape index (κ1) is 16.0. The van der Waals surface area contributed by atoms with Crippen molar-refractivity contribution in [1.82, 2.24) is 0 Å². The number of halogens is 1. The van der Waals surface area contributed by atoms with Gasteiger partial charge in [0.2, 0.25) is 0 Å². The summed E-state index contributed by atoms with van der Waals surface area (Å²) in [6, 6.07) is 16.3. The van der Waals surface area contributed by atoms with Gasteiger partial charge in [0.25, 0.3) is 0 Å². The first-order chi connectivity index (χ1) is 10.9. The second kappa shape index (κ2) is 5.98. The average molecular weight is 391 g/mol. The van der Waals surface area contributed by atoms with Crippen LogP contribution in [-0.4, -0.2) is 8.42 Å². The summed E-state index contributed by atoms with van der Waals surface area (Å²) < 4.78 is 31.5. The lowest BCUT2D eigenvalue weighted by molar-refractivity contribution is 0.488. The highest BCUT2D eigenvalue weighted by Crippen LogP contribution is 2.30. The molecule has 0 aliphatic heterocycles. The highest BCUT2D eigenvalue weighted by molar-refractivity contribution is 9.10. The molecule has 0 atom stereocenters. The molecule has 0 aromatic heterocycles. The maximum Gasteiger partial charge on any atom is 0.339 e. The molecule has 0 fully saturated rings. The predicted octanol–water partition coefficient (Wildman–Crippen LogP) is 4.99. The van der Waals surface area contributed by atoms with Gasteiger partial charge in [-0.2, -0.15) is 8.42 Å². The van der Waals surface area contributed by atoms with E-state index in [0.29, 0.717) is 11.3 Å². The molecule has 0 saturated carbocycles. The van der Waals surface area contributed by atoms with Crippen molar-refractivity contribution in [3.05, 3.63) is 70.2 Å². The molecule has 3 aromatic rings. The highest BCUT2D eigenvalue weighted by atomic mass is 79.9. The fourth-order valence-corrected chi connectivity index (χ4v) is 4.19. The summed E-state index contributed by atoms with van der Waals surface area (Å²) >= 11 is 3.38. The largest absolute Gasteiger partial charge is 0.378 e. The van der Waals surface area contributed by atoms with Crippen LogP contribution < -0.4 is 4.18 Å². The monoisotopic (exact) mass is 390 g/mol. The number of rotatable bonds is 3. The van der Waals surface area contributed by atoms with Crippen LogP contribution in [0.5, 0.6) is 5.75 Å². The van der Waals surface area contributed by atoms with E-state index in [2.05, 4.69) is 15.9 Å². The van der Waals surface area contributed by atoms with Crippen LogP contribution in [0.15, 0.2) is 64.0 Å². The van der Waals surface area contributed by atoms with Crippen molar-refractivity contribution in [3.63, 3.8) is 0 Å². The maximum absolute atomic E-state index is 12.7. The van der Waals surface area contributed by atoms with E-state index in [1.165, 1.54) is 0 Å². The van der Waals surface area contributed by atoms with Crippen molar-refractivity contribution >= 4 is 36.8 Å². The molecule has 0 heterocycles. The second-order valence-corrected chi connectivity index (χ2v) is 7.75. The molecule has 0 radical (unpaired) electrons. The lowest BCUT2D eigenvalue weighted by atomic mass is 10.1. The van der Waals surface area contributed by atoms with Crippen LogP contribution in [0.3, 0.4) is 0 Å². The van der Waals surface area contributed by atoms with Gasteiger partial charge < -0.3 is 4.18 Å². The minimum Gasteiger partial charge on any atom is -0.378 e. The van der Waals surface area contributed by atoms with E-state index in [9.17, 15) is 8.42 Å². The molecule has 0 saturated heterocycles. The second-order valence-electron chi connectivity index (χ2n) is 5.38. The number of hydrogen-bond acceptors (Lipinski definition) is 3. The Morgan fingerprint density at radius 3 is 2.39 bits per heavy atom. The topological polar surface area (TPSA) is 43.4 Å². The fraction of sp³-hybridized carbons (Fsp3) is 0.111. The highest BCUT2D eigenvalue weighted by Gasteiger charge is 2.21. The minimum absolute atomic E-state index is 0.169. The molecule has 5 heteroatoms. The third kappa shape index (κ3) is 3.12. The van der Waals surface area contributed by atoms with E-state index >= 15 is 0 Å². The van der Waals surface area contributed by atoms with Gasteiger partial charge >= 0.3 is 10.1 Å². The maximum atomic E-state index is 12.7. The molecule has 0 spiro atoms. The summed E-state index contributed by atoms with van der Waals surface area (Å²) in [7, 11) is -3.90. The van der Waals surface area contributed by atoms with Gasteiger partial charge in [-0.15, -0.1) is 0 Å². The van der Waals surface area contributed by atoms with Crippen LogP contribution in [0.4, 0.5) is 0 Å². The first-order valence-corrected chi connectivity index (χ1v) is 9.27. The first-order valence-electron chi connectivity index (χ1n) is 7.07. The summed E-state index contributed by atoms with van der Waals surface area (Å²) in [6.07, 6.45) is 0. The van der Waals surface area contributed by atoms with Gasteiger partial charge in [-0.25, -0.2) is 0 Å². The molecule has 3 nitrogen and oxygen atoms in total. The smallest absolute Gasteiger partial charge is 0.339 e. The molecular formula is C18H15BrO3S. The zero-order chi connectivity index (χ0) is 16.6. The van der Waals surface area contributed by atoms with Crippen molar-refractivity contribution in [2.24, 2.45) is 0 Å². The van der Waals surface area contributed by atoms with Gasteiger partial charge in [-0.3, -0.25) is 0 Å². The predicted molar refractivity (Wildman–Crippen MR) is 95.4 cm³/mol. The van der Waals surface area contributed by atoms with Crippen molar-refractivity contribution in [2.75, 3.05) is 0 Å². The summed E-state index contributed by atoms with van der Waals surface area (Å²) in [4.78, 5) is 0.169. The van der Waals surface area contributed by atoms with Gasteiger partial charge in [0.15, 0.2) is 5.75 Å². The minimum atomic E-state index is -3.90. The van der Waals surface area contributed by atoms with E-state index in [1.54, 1.807) is 25.1 Å². The third-order valence-corrected chi connectivity index (χ3v) is 5.91. The summed E-state index contributed by atoms with van der Waals surface area (Å²) in [6.45, 7) is 3.68. The van der Waals surface area contributed by atoms with Gasteiger partial charge in [0.1, 0.15) is 4.90 Å². The van der Waals surface area contributed by atoms with Crippen LogP contribution in [0.25, 0.3) is 10.8 Å². The van der Waals surface area contributed by atoms with Crippen molar-refractivity contribution in [1.29, 1.82) is 0 Å². The molecule has 0 bridgehead atoms. The summed E-state index contributed by atoms with van der Waals surface area (Å²) in [5.74, 6) is 0.333. The van der Waals surface area contributed by atoms with Crippen LogP contribution in [0.2, 0.25) is 0 Å². The molecule has 23 heavy (non-hydrogen) atoms.